The van der Waals surface area contributed by atoms with Crippen LogP contribution in [0.3, 0.4) is 0 Å². The Morgan fingerprint density at radius 2 is 0.762 bits per heavy atom. The van der Waals surface area contributed by atoms with Crippen molar-refractivity contribution in [1.29, 1.82) is 0 Å². The molecule has 0 aromatic heterocycles. The molecule has 0 radical (unpaired) electrons. The Labute approximate surface area is 730 Å². The number of aliphatic hydroxyl groups is 9. The average Bonchev–Trinajstić information content (AvgIpc) is 1.43. The molecule has 122 heavy (non-hydrogen) atoms. The van der Waals surface area contributed by atoms with E-state index in [1.807, 2.05) is 0 Å². The van der Waals surface area contributed by atoms with Crippen LogP contribution in [0.25, 0.3) is 0 Å². The van der Waals surface area contributed by atoms with Gasteiger partial charge in [0.25, 0.3) is 0 Å². The molecule has 4 aliphatic rings. The number of ether oxygens (including phenoxy) is 11. The standard InChI is InChI=1S/C86H153N5O29S2/c1-59-76(103)79(106)67(55-92)118-82(59)114-45-22-32-70(97)87-41-18-10-6-8-14-35-74(101)112-48-26-38-86(91-73(100)37-52-122-121-51-25-30-63(95)29-16-17-31-66(96)65-54-64(111-5)53-62(65)58-110-4,39-27-49-113-75(102)36-15-9-7-11-19-42-88-71(98)33-23-46-115-83-60(2)77(104)80(107)68(56-93)119-83)40-28-50-117-85(109)90-44-21-13-12-20-43-89-72(99)34-24-47-116-84-61(3)78(105)81(108)69(57-94)120-84/h59-62,64-65,67-69,76-84,92-94,103-108H,6-58H2,1-5H3,(H,87,97)(H,88,98)(H,89,99)(H,90,109)(H,91,100)/t59?,60?,61?,62-,64+,65?,67?,68?,69?,76?,77?,78?,79?,80?,81?,82?,83?,84?,86?/m1/s1. The maximum atomic E-state index is 14.1. The number of aliphatic hydroxyl groups excluding tert-OH is 9. The normalized spacial score (nSPS) is 25.8. The quantitative estimate of drug-likeness (QED) is 0.0141. The Balaban J connectivity index is 1.25. The number of methoxy groups -OCH3 is 2. The molecule has 3 aliphatic heterocycles. The molecule has 36 heteroatoms. The van der Waals surface area contributed by atoms with Crippen molar-refractivity contribution >= 4 is 74.8 Å². The maximum Gasteiger partial charge on any atom is 0.407 e. The van der Waals surface area contributed by atoms with Crippen molar-refractivity contribution < 1.29 is 141 Å². The second-order valence-corrected chi connectivity index (χ2v) is 35.8. The molecule has 14 N–H and O–H groups in total. The van der Waals surface area contributed by atoms with Crippen LogP contribution in [0.4, 0.5) is 4.79 Å². The molecule has 708 valence electrons. The Kier molecular flexibility index (Phi) is 59.3. The highest BCUT2D eigenvalue weighted by molar-refractivity contribution is 8.76. The summed E-state index contributed by atoms with van der Waals surface area (Å²) in [7, 11) is 6.44. The predicted octanol–water partition coefficient (Wildman–Crippen LogP) is 6.14. The van der Waals surface area contributed by atoms with Gasteiger partial charge in [0.1, 0.15) is 48.2 Å². The van der Waals surface area contributed by atoms with Gasteiger partial charge in [-0.2, -0.15) is 0 Å². The second-order valence-electron chi connectivity index (χ2n) is 33.1. The number of hydrogen-bond donors (Lipinski definition) is 14. The van der Waals surface area contributed by atoms with Crippen molar-refractivity contribution in [2.24, 2.45) is 29.6 Å². The number of carbonyl (C=O) groups excluding carboxylic acids is 9. The van der Waals surface area contributed by atoms with E-state index in [0.717, 1.165) is 77.0 Å². The van der Waals surface area contributed by atoms with E-state index in [1.165, 1.54) is 10.8 Å². The third-order valence-electron chi connectivity index (χ3n) is 23.2. The van der Waals surface area contributed by atoms with Gasteiger partial charge in [-0.1, -0.05) is 93.7 Å². The van der Waals surface area contributed by atoms with E-state index >= 15 is 0 Å². The van der Waals surface area contributed by atoms with Gasteiger partial charge in [-0.3, -0.25) is 38.4 Å². The molecule has 5 amide bonds. The minimum atomic E-state index is -1.23. The number of unbranched alkanes of at least 4 members (excludes halogenated alkanes) is 12. The molecule has 34 nitrogen and oxygen atoms in total. The Hall–Kier alpha value is -4.55. The Morgan fingerprint density at radius 1 is 0.385 bits per heavy atom. The van der Waals surface area contributed by atoms with Crippen molar-refractivity contribution in [2.45, 2.75) is 344 Å². The first-order valence-electron chi connectivity index (χ1n) is 45.2. The van der Waals surface area contributed by atoms with E-state index < -0.39 is 123 Å². The molecular weight excluding hydrogens is 1630 g/mol. The number of carbonyl (C=O) groups is 9. The van der Waals surface area contributed by atoms with Crippen LogP contribution in [0.1, 0.15) is 258 Å². The van der Waals surface area contributed by atoms with Gasteiger partial charge in [0, 0.05) is 146 Å². The van der Waals surface area contributed by atoms with Crippen LogP contribution in [-0.2, 0) is 90.5 Å². The molecule has 0 aromatic carbocycles. The van der Waals surface area contributed by atoms with Crippen LogP contribution in [-0.4, -0.2) is 303 Å². The van der Waals surface area contributed by atoms with E-state index in [9.17, 15) is 89.1 Å². The van der Waals surface area contributed by atoms with Gasteiger partial charge in [0.15, 0.2) is 18.9 Å². The molecule has 0 spiro atoms. The summed E-state index contributed by atoms with van der Waals surface area (Å²) in [5, 5.41) is 104. The number of hydrogen-bond acceptors (Lipinski definition) is 31. The lowest BCUT2D eigenvalue weighted by atomic mass is 9.83. The number of ketones is 2. The van der Waals surface area contributed by atoms with Crippen molar-refractivity contribution in [2.75, 3.05) is 118 Å². The molecular formula is C86H153N5O29S2. The number of rotatable bonds is 71. The summed E-state index contributed by atoms with van der Waals surface area (Å²) < 4.78 is 62.0. The highest BCUT2D eigenvalue weighted by Gasteiger charge is 2.46. The number of esters is 2. The van der Waals surface area contributed by atoms with Crippen molar-refractivity contribution in [1.82, 2.24) is 26.6 Å². The van der Waals surface area contributed by atoms with Gasteiger partial charge >= 0.3 is 18.0 Å². The van der Waals surface area contributed by atoms with Gasteiger partial charge < -0.3 is 125 Å². The first-order valence-corrected chi connectivity index (χ1v) is 47.7. The van der Waals surface area contributed by atoms with Crippen LogP contribution in [0.5, 0.6) is 0 Å². The maximum absolute atomic E-state index is 14.1. The lowest BCUT2D eigenvalue weighted by Crippen LogP contribution is -2.55. The molecule has 1 aliphatic carbocycles. The summed E-state index contributed by atoms with van der Waals surface area (Å²) in [5.41, 5.74) is -0.893. The topological polar surface area (TPSA) is 497 Å². The average molecular weight is 1790 g/mol. The van der Waals surface area contributed by atoms with E-state index in [2.05, 4.69) is 26.6 Å². The van der Waals surface area contributed by atoms with E-state index in [-0.39, 0.29) is 143 Å². The molecule has 16 unspecified atom stereocenters. The number of alkyl carbamates (subject to hydrolysis) is 1. The third kappa shape index (κ3) is 45.4. The van der Waals surface area contributed by atoms with Gasteiger partial charge in [-0.05, 0) is 134 Å². The molecule has 4 rings (SSSR count). The highest BCUT2D eigenvalue weighted by Crippen LogP contribution is 2.37. The number of amides is 5. The number of Topliss-reactive ketones (excluding diaryl/α,β-unsaturated/α-hetero) is 2. The van der Waals surface area contributed by atoms with Crippen LogP contribution in [0.2, 0.25) is 0 Å². The lowest BCUT2D eigenvalue weighted by Gasteiger charge is -2.40. The van der Waals surface area contributed by atoms with Gasteiger partial charge in [0.05, 0.1) is 83.9 Å². The fraction of sp³-hybridized carbons (Fsp3) is 0.895. The molecule has 0 bridgehead atoms. The number of nitrogens with one attached hydrogen (secondary N) is 5. The Bertz CT molecular complexity index is 2660. The molecule has 3 heterocycles. The monoisotopic (exact) mass is 1780 g/mol. The minimum Gasteiger partial charge on any atom is -0.466 e. The summed E-state index contributed by atoms with van der Waals surface area (Å²) in [6.45, 7) is 6.68. The summed E-state index contributed by atoms with van der Waals surface area (Å²) in [6.07, 6.45) is 7.06. The third-order valence-corrected chi connectivity index (χ3v) is 25.7. The van der Waals surface area contributed by atoms with E-state index in [0.29, 0.717) is 166 Å². The molecule has 3 saturated heterocycles. The first kappa shape index (κ1) is 110. The fourth-order valence-corrected chi connectivity index (χ4v) is 17.7. The Morgan fingerprint density at radius 3 is 1.18 bits per heavy atom. The van der Waals surface area contributed by atoms with Crippen LogP contribution >= 0.6 is 21.6 Å². The SMILES string of the molecule is COC[C@H]1C[C@H](OC)CC1C(=O)CCCCC(=O)CCCSSCCC(=O)NC(CCCOC(=O)CCCCCCCNC(=O)CCCOC1OC(CO)C(O)C(O)C1C)(CCCOC(=O)CCCCCCCNC(=O)CCCOC1OC(CO)C(O)C(O)C1C)CCCOC(=O)NCCCCCCNC(=O)CCCOC1OC(CO)C(O)C(O)C1C. The summed E-state index contributed by atoms with van der Waals surface area (Å²) in [6, 6.07) is 0. The zero-order valence-electron chi connectivity index (χ0n) is 73.4. The van der Waals surface area contributed by atoms with Crippen LogP contribution in [0, 0.1) is 29.6 Å². The van der Waals surface area contributed by atoms with Gasteiger partial charge in [-0.25, -0.2) is 4.79 Å². The summed E-state index contributed by atoms with van der Waals surface area (Å²) in [4.78, 5) is 117. The van der Waals surface area contributed by atoms with Gasteiger partial charge in [0.2, 0.25) is 23.6 Å². The largest absolute Gasteiger partial charge is 0.466 e. The van der Waals surface area contributed by atoms with E-state index in [4.69, 9.17) is 52.1 Å². The zero-order chi connectivity index (χ0) is 89.3. The van der Waals surface area contributed by atoms with Crippen LogP contribution in [0.15, 0.2) is 0 Å². The molecule has 0 aromatic rings. The summed E-state index contributed by atoms with van der Waals surface area (Å²) in [5.74, 6) is -1.31. The summed E-state index contributed by atoms with van der Waals surface area (Å²) >= 11 is 0. The lowest BCUT2D eigenvalue weighted by molar-refractivity contribution is -0.282. The van der Waals surface area contributed by atoms with Crippen molar-refractivity contribution in [3.63, 3.8) is 0 Å². The van der Waals surface area contributed by atoms with Crippen LogP contribution < -0.4 is 26.6 Å². The highest BCUT2D eigenvalue weighted by atomic mass is 33.1. The van der Waals surface area contributed by atoms with Crippen molar-refractivity contribution in [3.05, 3.63) is 0 Å². The molecule has 4 fully saturated rings. The second kappa shape index (κ2) is 65.9. The van der Waals surface area contributed by atoms with Crippen molar-refractivity contribution in [3.8, 4) is 0 Å². The van der Waals surface area contributed by atoms with E-state index in [1.54, 1.807) is 45.8 Å². The predicted molar refractivity (Wildman–Crippen MR) is 455 cm³/mol. The zero-order valence-corrected chi connectivity index (χ0v) is 75.0. The first-order chi connectivity index (χ1) is 58.8. The molecule has 18 atom stereocenters. The minimum absolute atomic E-state index is 0.0252. The smallest absolute Gasteiger partial charge is 0.407 e. The fourth-order valence-electron chi connectivity index (χ4n) is 15.6. The van der Waals surface area contributed by atoms with Gasteiger partial charge in [-0.15, -0.1) is 0 Å². The molecule has 1 saturated carbocycles.